The highest BCUT2D eigenvalue weighted by molar-refractivity contribution is 6.04. The van der Waals surface area contributed by atoms with Gasteiger partial charge in [-0.2, -0.15) is 5.10 Å². The largest absolute Gasteiger partial charge is 0.497 e. The number of benzene rings is 2. The van der Waals surface area contributed by atoms with Gasteiger partial charge in [0.2, 0.25) is 5.91 Å². The number of rotatable bonds is 6. The Morgan fingerprint density at radius 2 is 2.07 bits per heavy atom. The molecule has 2 heterocycles. The Morgan fingerprint density at radius 3 is 2.80 bits per heavy atom. The van der Waals surface area contributed by atoms with Gasteiger partial charge < -0.3 is 15.4 Å². The van der Waals surface area contributed by atoms with Crippen molar-refractivity contribution in [3.63, 3.8) is 0 Å². The summed E-state index contributed by atoms with van der Waals surface area (Å²) in [5, 5.41) is 10.1. The molecular weight excluding hydrogens is 387 g/mol. The first-order chi connectivity index (χ1) is 14.5. The predicted molar refractivity (Wildman–Crippen MR) is 111 cm³/mol. The molecule has 1 unspecified atom stereocenters. The topological polar surface area (TPSA) is 85.2 Å². The first kappa shape index (κ1) is 19.6. The van der Waals surface area contributed by atoms with Gasteiger partial charge in [-0.1, -0.05) is 25.1 Å². The summed E-state index contributed by atoms with van der Waals surface area (Å²) in [4.78, 5) is 25.1. The Balaban J connectivity index is 1.62. The van der Waals surface area contributed by atoms with Gasteiger partial charge in [-0.3, -0.25) is 9.59 Å². The number of halogens is 1. The van der Waals surface area contributed by atoms with Gasteiger partial charge in [-0.15, -0.1) is 0 Å². The fourth-order valence-electron chi connectivity index (χ4n) is 3.60. The van der Waals surface area contributed by atoms with E-state index in [1.165, 1.54) is 18.2 Å². The number of hydrogen-bond acceptors (Lipinski definition) is 4. The molecule has 1 aliphatic heterocycles. The lowest BCUT2D eigenvalue weighted by molar-refractivity contribution is -0.123. The number of fused-ring (bicyclic) bond motifs is 1. The van der Waals surface area contributed by atoms with E-state index in [1.807, 2.05) is 31.2 Å². The molecule has 1 atom stereocenters. The molecule has 30 heavy (non-hydrogen) atoms. The summed E-state index contributed by atoms with van der Waals surface area (Å²) in [6.45, 7) is 1.98. The van der Waals surface area contributed by atoms with Gasteiger partial charge in [0.15, 0.2) is 0 Å². The number of carbonyl (C=O) groups is 2. The lowest BCUT2D eigenvalue weighted by Crippen LogP contribution is -2.24. The Kier molecular flexibility index (Phi) is 5.22. The minimum Gasteiger partial charge on any atom is -0.497 e. The molecule has 7 nitrogen and oxygen atoms in total. The van der Waals surface area contributed by atoms with Crippen LogP contribution in [0, 0.1) is 5.82 Å². The Hall–Kier alpha value is -3.68. The molecule has 3 aromatic rings. The number of nitrogens with zero attached hydrogens (tertiary/aromatic N) is 2. The van der Waals surface area contributed by atoms with Gasteiger partial charge in [0.25, 0.3) is 5.91 Å². The van der Waals surface area contributed by atoms with E-state index in [-0.39, 0.29) is 12.3 Å². The van der Waals surface area contributed by atoms with Crippen LogP contribution in [0.1, 0.15) is 25.1 Å². The summed E-state index contributed by atoms with van der Waals surface area (Å²) < 4.78 is 20.2. The quantitative estimate of drug-likeness (QED) is 0.650. The van der Waals surface area contributed by atoms with E-state index in [0.717, 1.165) is 16.8 Å². The smallest absolute Gasteiger partial charge is 0.251 e. The van der Waals surface area contributed by atoms with Gasteiger partial charge in [-0.25, -0.2) is 9.07 Å². The average Bonchev–Trinajstić information content (AvgIpc) is 3.23. The summed E-state index contributed by atoms with van der Waals surface area (Å²) in [6, 6.07) is 12.4. The SMILES string of the molecule is CCc1nn2c(c1-c1cccc(OC)c1)NC(=O)C2CC(=O)Nc1cccc(F)c1. The fraction of sp³-hybridized carbons (Fsp3) is 0.227. The van der Waals surface area contributed by atoms with Crippen LogP contribution < -0.4 is 15.4 Å². The predicted octanol–water partition coefficient (Wildman–Crippen LogP) is 3.78. The number of aryl methyl sites for hydroxylation is 1. The van der Waals surface area contributed by atoms with Crippen LogP contribution in [-0.2, 0) is 16.0 Å². The van der Waals surface area contributed by atoms with Crippen molar-refractivity contribution in [2.75, 3.05) is 17.7 Å². The molecule has 0 radical (unpaired) electrons. The molecule has 4 rings (SSSR count). The molecule has 2 aromatic carbocycles. The number of methoxy groups -OCH3 is 1. The summed E-state index contributed by atoms with van der Waals surface area (Å²) in [5.74, 6) is 0.110. The van der Waals surface area contributed by atoms with Crippen molar-refractivity contribution in [1.82, 2.24) is 9.78 Å². The molecule has 1 aromatic heterocycles. The van der Waals surface area contributed by atoms with Crippen LogP contribution in [0.3, 0.4) is 0 Å². The van der Waals surface area contributed by atoms with Crippen molar-refractivity contribution in [3.05, 3.63) is 60.0 Å². The third kappa shape index (κ3) is 3.63. The van der Waals surface area contributed by atoms with Crippen molar-refractivity contribution < 1.29 is 18.7 Å². The number of carbonyl (C=O) groups excluding carboxylic acids is 2. The first-order valence-corrected chi connectivity index (χ1v) is 9.62. The number of anilines is 2. The van der Waals surface area contributed by atoms with Crippen LogP contribution >= 0.6 is 0 Å². The zero-order valence-corrected chi connectivity index (χ0v) is 16.6. The van der Waals surface area contributed by atoms with E-state index in [0.29, 0.717) is 23.7 Å². The maximum Gasteiger partial charge on any atom is 0.251 e. The van der Waals surface area contributed by atoms with Crippen LogP contribution in [-0.4, -0.2) is 28.7 Å². The van der Waals surface area contributed by atoms with Gasteiger partial charge in [-0.05, 0) is 42.3 Å². The second-order valence-corrected chi connectivity index (χ2v) is 6.97. The van der Waals surface area contributed by atoms with Crippen molar-refractivity contribution in [3.8, 4) is 16.9 Å². The van der Waals surface area contributed by atoms with Crippen molar-refractivity contribution >= 4 is 23.3 Å². The van der Waals surface area contributed by atoms with E-state index >= 15 is 0 Å². The van der Waals surface area contributed by atoms with Gasteiger partial charge in [0, 0.05) is 11.3 Å². The third-order valence-electron chi connectivity index (χ3n) is 5.00. The van der Waals surface area contributed by atoms with Crippen molar-refractivity contribution in [2.45, 2.75) is 25.8 Å². The van der Waals surface area contributed by atoms with E-state index in [4.69, 9.17) is 4.74 Å². The van der Waals surface area contributed by atoms with Crippen molar-refractivity contribution in [2.24, 2.45) is 0 Å². The molecule has 2 N–H and O–H groups in total. The maximum absolute atomic E-state index is 13.3. The molecule has 154 valence electrons. The lowest BCUT2D eigenvalue weighted by atomic mass is 10.0. The summed E-state index contributed by atoms with van der Waals surface area (Å²) in [5.41, 5.74) is 2.84. The number of nitrogens with one attached hydrogen (secondary N) is 2. The first-order valence-electron chi connectivity index (χ1n) is 9.62. The number of amides is 2. The maximum atomic E-state index is 13.3. The molecule has 0 saturated heterocycles. The Labute approximate surface area is 172 Å². The second kappa shape index (κ2) is 7.98. The third-order valence-corrected chi connectivity index (χ3v) is 5.00. The highest BCUT2D eigenvalue weighted by Crippen LogP contribution is 2.39. The van der Waals surface area contributed by atoms with E-state index in [9.17, 15) is 14.0 Å². The lowest BCUT2D eigenvalue weighted by Gasteiger charge is -2.10. The van der Waals surface area contributed by atoms with Crippen LogP contribution in [0.25, 0.3) is 11.1 Å². The molecule has 8 heteroatoms. The van der Waals surface area contributed by atoms with Gasteiger partial charge >= 0.3 is 0 Å². The summed E-state index contributed by atoms with van der Waals surface area (Å²) in [6.07, 6.45) is 0.544. The summed E-state index contributed by atoms with van der Waals surface area (Å²) in [7, 11) is 1.59. The molecule has 0 aliphatic carbocycles. The Bertz CT molecular complexity index is 1130. The molecular formula is C22H21FN4O3. The molecule has 0 bridgehead atoms. The minimum absolute atomic E-state index is 0.113. The fourth-order valence-corrected chi connectivity index (χ4v) is 3.60. The molecule has 1 aliphatic rings. The minimum atomic E-state index is -0.779. The zero-order valence-electron chi connectivity index (χ0n) is 16.6. The van der Waals surface area contributed by atoms with Crippen LogP contribution in [0.2, 0.25) is 0 Å². The second-order valence-electron chi connectivity index (χ2n) is 6.97. The van der Waals surface area contributed by atoms with Gasteiger partial charge in [0.1, 0.15) is 23.4 Å². The van der Waals surface area contributed by atoms with Crippen molar-refractivity contribution in [1.29, 1.82) is 0 Å². The number of aromatic nitrogens is 2. The number of ether oxygens (including phenoxy) is 1. The van der Waals surface area contributed by atoms with Crippen LogP contribution in [0.4, 0.5) is 15.9 Å². The molecule has 2 amide bonds. The van der Waals surface area contributed by atoms with E-state index in [1.54, 1.807) is 17.9 Å². The zero-order chi connectivity index (χ0) is 21.3. The summed E-state index contributed by atoms with van der Waals surface area (Å²) >= 11 is 0. The standard InChI is InChI=1S/C22H21FN4O3/c1-3-17-20(13-6-4-9-16(10-13)30-2)21-25-22(29)18(27(21)26-17)12-19(28)24-15-8-5-7-14(23)11-15/h4-11,18H,3,12H2,1-2H3,(H,24,28)(H,25,29). The van der Waals surface area contributed by atoms with Crippen LogP contribution in [0.5, 0.6) is 5.75 Å². The van der Waals surface area contributed by atoms with Gasteiger partial charge in [0.05, 0.1) is 19.2 Å². The Morgan fingerprint density at radius 1 is 1.27 bits per heavy atom. The average molecular weight is 408 g/mol. The monoisotopic (exact) mass is 408 g/mol. The highest BCUT2D eigenvalue weighted by Gasteiger charge is 2.36. The van der Waals surface area contributed by atoms with E-state index < -0.39 is 17.8 Å². The molecule has 0 fully saturated rings. The van der Waals surface area contributed by atoms with E-state index in [2.05, 4.69) is 15.7 Å². The number of hydrogen-bond donors (Lipinski definition) is 2. The van der Waals surface area contributed by atoms with Crippen LogP contribution in [0.15, 0.2) is 48.5 Å². The molecule has 0 spiro atoms. The normalized spacial score (nSPS) is 14.9. The molecule has 0 saturated carbocycles. The highest BCUT2D eigenvalue weighted by atomic mass is 19.1.